The molecule has 0 unspecified atom stereocenters. The topological polar surface area (TPSA) is 58.4 Å². The van der Waals surface area contributed by atoms with Crippen molar-refractivity contribution in [1.29, 1.82) is 0 Å². The molecule has 1 fully saturated rings. The van der Waals surface area contributed by atoms with Crippen molar-refractivity contribution < 1.29 is 9.21 Å². The third-order valence-electron chi connectivity index (χ3n) is 4.49. The highest BCUT2D eigenvalue weighted by Gasteiger charge is 2.23. The van der Waals surface area contributed by atoms with Crippen LogP contribution in [0.3, 0.4) is 0 Å². The van der Waals surface area contributed by atoms with Crippen LogP contribution in [0.1, 0.15) is 24.3 Å². The maximum atomic E-state index is 12.5. The number of piperidine rings is 1. The summed E-state index contributed by atoms with van der Waals surface area (Å²) in [7, 11) is 1.98. The van der Waals surface area contributed by atoms with Crippen LogP contribution in [0.15, 0.2) is 34.7 Å². The maximum absolute atomic E-state index is 12.5. The van der Waals surface area contributed by atoms with Crippen LogP contribution >= 0.6 is 0 Å². The lowest BCUT2D eigenvalue weighted by molar-refractivity contribution is -0.131. The van der Waals surface area contributed by atoms with Gasteiger partial charge < -0.3 is 14.6 Å². The fourth-order valence-electron chi connectivity index (χ4n) is 2.97. The van der Waals surface area contributed by atoms with Gasteiger partial charge in [0, 0.05) is 24.7 Å². The number of aryl methyl sites for hydroxylation is 1. The minimum atomic E-state index is 0.135. The molecule has 3 rings (SSSR count). The van der Waals surface area contributed by atoms with Gasteiger partial charge in [-0.15, -0.1) is 0 Å². The van der Waals surface area contributed by atoms with Gasteiger partial charge in [-0.25, -0.2) is 4.98 Å². The summed E-state index contributed by atoms with van der Waals surface area (Å²) in [6, 6.07) is 10.3. The summed E-state index contributed by atoms with van der Waals surface area (Å²) in [5.74, 6) is 1.44. The molecule has 2 heterocycles. The molecule has 1 saturated heterocycles. The summed E-state index contributed by atoms with van der Waals surface area (Å²) in [6.07, 6.45) is 2.33. The number of benzene rings is 1. The standard InChI is InChI=1S/C18H23N3O2/c1-13-16(20-18(23-13)14-6-4-3-5-7-14)12-17(22)21-10-8-15(19-2)9-11-21/h3-7,15,19H,8-12H2,1-2H3. The number of carbonyl (C=O) groups excluding carboxylic acids is 1. The Morgan fingerprint density at radius 3 is 2.65 bits per heavy atom. The molecular weight excluding hydrogens is 290 g/mol. The Hall–Kier alpha value is -2.14. The Balaban J connectivity index is 1.66. The molecule has 23 heavy (non-hydrogen) atoms. The first-order valence-electron chi connectivity index (χ1n) is 8.14. The molecule has 1 aliphatic heterocycles. The summed E-state index contributed by atoms with van der Waals surface area (Å²) in [6.45, 7) is 3.49. The Morgan fingerprint density at radius 1 is 1.30 bits per heavy atom. The minimum Gasteiger partial charge on any atom is -0.441 e. The van der Waals surface area contributed by atoms with E-state index in [2.05, 4.69) is 10.3 Å². The van der Waals surface area contributed by atoms with E-state index >= 15 is 0 Å². The fourth-order valence-corrected chi connectivity index (χ4v) is 2.97. The van der Waals surface area contributed by atoms with E-state index in [9.17, 15) is 4.79 Å². The van der Waals surface area contributed by atoms with Gasteiger partial charge in [-0.3, -0.25) is 4.79 Å². The lowest BCUT2D eigenvalue weighted by atomic mass is 10.0. The smallest absolute Gasteiger partial charge is 0.228 e. The zero-order valence-corrected chi connectivity index (χ0v) is 13.7. The number of likely N-dealkylation sites (tertiary alicyclic amines) is 1. The summed E-state index contributed by atoms with van der Waals surface area (Å²) < 4.78 is 5.73. The summed E-state index contributed by atoms with van der Waals surface area (Å²) in [5, 5.41) is 3.28. The monoisotopic (exact) mass is 313 g/mol. The third kappa shape index (κ3) is 3.62. The number of hydrogen-bond donors (Lipinski definition) is 1. The summed E-state index contributed by atoms with van der Waals surface area (Å²) in [5.41, 5.74) is 1.67. The lowest BCUT2D eigenvalue weighted by Gasteiger charge is -2.31. The van der Waals surface area contributed by atoms with E-state index in [0.717, 1.165) is 42.9 Å². The van der Waals surface area contributed by atoms with Crippen molar-refractivity contribution in [2.45, 2.75) is 32.2 Å². The van der Waals surface area contributed by atoms with E-state index in [-0.39, 0.29) is 5.91 Å². The molecule has 1 amide bonds. The van der Waals surface area contributed by atoms with Crippen LogP contribution in [0.2, 0.25) is 0 Å². The molecule has 1 N–H and O–H groups in total. The van der Waals surface area contributed by atoms with Gasteiger partial charge in [-0.2, -0.15) is 0 Å². The molecule has 5 heteroatoms. The van der Waals surface area contributed by atoms with E-state index in [1.54, 1.807) is 0 Å². The minimum absolute atomic E-state index is 0.135. The van der Waals surface area contributed by atoms with Crippen molar-refractivity contribution in [1.82, 2.24) is 15.2 Å². The molecule has 0 atom stereocenters. The van der Waals surface area contributed by atoms with E-state index in [1.807, 2.05) is 49.2 Å². The molecule has 0 saturated carbocycles. The highest BCUT2D eigenvalue weighted by atomic mass is 16.4. The Morgan fingerprint density at radius 2 is 2.00 bits per heavy atom. The number of hydrogen-bond acceptors (Lipinski definition) is 4. The zero-order chi connectivity index (χ0) is 16.2. The molecule has 0 radical (unpaired) electrons. The third-order valence-corrected chi connectivity index (χ3v) is 4.49. The molecule has 1 aliphatic rings. The Bertz CT molecular complexity index is 658. The quantitative estimate of drug-likeness (QED) is 0.941. The van der Waals surface area contributed by atoms with Gasteiger partial charge in [-0.1, -0.05) is 18.2 Å². The first-order valence-corrected chi connectivity index (χ1v) is 8.14. The normalized spacial score (nSPS) is 15.8. The number of oxazole rings is 1. The van der Waals surface area contributed by atoms with Gasteiger partial charge in [0.15, 0.2) is 0 Å². The van der Waals surface area contributed by atoms with Gasteiger partial charge in [-0.05, 0) is 38.9 Å². The van der Waals surface area contributed by atoms with Crippen molar-refractivity contribution in [3.05, 3.63) is 41.8 Å². The van der Waals surface area contributed by atoms with Crippen LogP contribution in [0.4, 0.5) is 0 Å². The van der Waals surface area contributed by atoms with Gasteiger partial charge in [0.2, 0.25) is 11.8 Å². The molecular formula is C18H23N3O2. The predicted molar refractivity (Wildman–Crippen MR) is 89.0 cm³/mol. The van der Waals surface area contributed by atoms with Crippen LogP contribution in [-0.2, 0) is 11.2 Å². The van der Waals surface area contributed by atoms with Crippen LogP contribution in [0.25, 0.3) is 11.5 Å². The molecule has 0 bridgehead atoms. The van der Waals surface area contributed by atoms with Gasteiger partial charge >= 0.3 is 0 Å². The van der Waals surface area contributed by atoms with Crippen LogP contribution in [0.5, 0.6) is 0 Å². The number of nitrogens with one attached hydrogen (secondary N) is 1. The number of aromatic nitrogens is 1. The van der Waals surface area contributed by atoms with Gasteiger partial charge in [0.1, 0.15) is 5.76 Å². The summed E-state index contributed by atoms with van der Waals surface area (Å²) in [4.78, 5) is 18.9. The van der Waals surface area contributed by atoms with Gasteiger partial charge in [0.25, 0.3) is 0 Å². The van der Waals surface area contributed by atoms with Crippen LogP contribution in [0, 0.1) is 6.92 Å². The van der Waals surface area contributed by atoms with E-state index in [1.165, 1.54) is 0 Å². The molecule has 0 spiro atoms. The fraction of sp³-hybridized carbons (Fsp3) is 0.444. The molecule has 2 aromatic rings. The average Bonchev–Trinajstić information content (AvgIpc) is 2.96. The highest BCUT2D eigenvalue weighted by molar-refractivity contribution is 5.78. The van der Waals surface area contributed by atoms with Crippen molar-refractivity contribution >= 4 is 5.91 Å². The lowest BCUT2D eigenvalue weighted by Crippen LogP contribution is -2.44. The number of carbonyl (C=O) groups is 1. The Kier molecular flexibility index (Phi) is 4.76. The van der Waals surface area contributed by atoms with Crippen molar-refractivity contribution in [3.8, 4) is 11.5 Å². The Labute approximate surface area is 136 Å². The molecule has 1 aromatic heterocycles. The largest absolute Gasteiger partial charge is 0.441 e. The van der Waals surface area contributed by atoms with E-state index < -0.39 is 0 Å². The molecule has 1 aromatic carbocycles. The van der Waals surface area contributed by atoms with Crippen LogP contribution in [-0.4, -0.2) is 42.0 Å². The van der Waals surface area contributed by atoms with E-state index in [4.69, 9.17) is 4.42 Å². The molecule has 122 valence electrons. The second-order valence-corrected chi connectivity index (χ2v) is 6.01. The summed E-state index contributed by atoms with van der Waals surface area (Å²) >= 11 is 0. The number of nitrogens with zero attached hydrogens (tertiary/aromatic N) is 2. The second-order valence-electron chi connectivity index (χ2n) is 6.01. The highest BCUT2D eigenvalue weighted by Crippen LogP contribution is 2.22. The zero-order valence-electron chi connectivity index (χ0n) is 13.7. The van der Waals surface area contributed by atoms with E-state index in [0.29, 0.717) is 18.4 Å². The SMILES string of the molecule is CNC1CCN(C(=O)Cc2nc(-c3ccccc3)oc2C)CC1. The first kappa shape index (κ1) is 15.7. The maximum Gasteiger partial charge on any atom is 0.228 e. The molecule has 5 nitrogen and oxygen atoms in total. The van der Waals surface area contributed by atoms with Crippen molar-refractivity contribution in [3.63, 3.8) is 0 Å². The number of amides is 1. The predicted octanol–water partition coefficient (Wildman–Crippen LogP) is 2.40. The molecule has 0 aliphatic carbocycles. The number of rotatable bonds is 4. The van der Waals surface area contributed by atoms with Crippen molar-refractivity contribution in [2.24, 2.45) is 0 Å². The van der Waals surface area contributed by atoms with Crippen LogP contribution < -0.4 is 5.32 Å². The second kappa shape index (κ2) is 6.96. The first-order chi connectivity index (χ1) is 11.2. The van der Waals surface area contributed by atoms with Gasteiger partial charge in [0.05, 0.1) is 12.1 Å². The van der Waals surface area contributed by atoms with Crippen molar-refractivity contribution in [2.75, 3.05) is 20.1 Å². The average molecular weight is 313 g/mol.